The first-order valence-corrected chi connectivity index (χ1v) is 16.6. The largest absolute Gasteiger partial charge is 0.508 e. The van der Waals surface area contributed by atoms with Crippen molar-refractivity contribution in [3.8, 4) is 5.75 Å². The van der Waals surface area contributed by atoms with E-state index in [1.54, 1.807) is 36.4 Å². The van der Waals surface area contributed by atoms with Crippen molar-refractivity contribution >= 4 is 0 Å². The van der Waals surface area contributed by atoms with Crippen molar-refractivity contribution in [2.75, 3.05) is 0 Å². The number of aromatic hydroxyl groups is 1. The van der Waals surface area contributed by atoms with E-state index in [4.69, 9.17) is 0 Å². The van der Waals surface area contributed by atoms with Crippen LogP contribution in [0.3, 0.4) is 0 Å². The molecule has 5 aliphatic rings. The molecule has 5 aliphatic carbocycles. The van der Waals surface area contributed by atoms with E-state index in [2.05, 4.69) is 55.7 Å². The fourth-order valence-electron chi connectivity index (χ4n) is 8.85. The van der Waals surface area contributed by atoms with Crippen molar-refractivity contribution < 1.29 is 20.4 Å². The Balaban J connectivity index is 0.00000250. The Morgan fingerprint density at radius 1 is 0.660 bits per heavy atom. The summed E-state index contributed by atoms with van der Waals surface area (Å²) in [4.78, 5) is 0. The third kappa shape index (κ3) is 6.29. The van der Waals surface area contributed by atoms with Gasteiger partial charge in [-0.05, 0) is 134 Å². The second-order valence-electron chi connectivity index (χ2n) is 14.2. The van der Waals surface area contributed by atoms with Gasteiger partial charge < -0.3 is 20.4 Å². The van der Waals surface area contributed by atoms with Gasteiger partial charge in [-0.2, -0.15) is 0 Å². The molecule has 0 aliphatic heterocycles. The van der Waals surface area contributed by atoms with Crippen LogP contribution < -0.4 is 0 Å². The summed E-state index contributed by atoms with van der Waals surface area (Å²) in [6, 6.07) is 7.69. The smallest absolute Gasteiger partial charge is 0.123 e. The number of hydrogen-bond acceptors (Lipinski definition) is 4. The number of benzene rings is 1. The van der Waals surface area contributed by atoms with E-state index in [9.17, 15) is 20.4 Å². The summed E-state index contributed by atoms with van der Waals surface area (Å²) in [6.07, 6.45) is 29.9. The second-order valence-corrected chi connectivity index (χ2v) is 14.2. The maximum absolute atomic E-state index is 10.2. The third-order valence-electron chi connectivity index (χ3n) is 11.7. The number of allylic oxidation sites excluding steroid dienone is 10. The number of aliphatic hydroxyl groups is 3. The van der Waals surface area contributed by atoms with Gasteiger partial charge in [-0.3, -0.25) is 0 Å². The standard InChI is InChI=1S/C41H46O4.2Lr/c1-39(2,29-21-25-40(26-22-29,33-11-17-37(44)18-12-33)31-5-3-7-35(42)15-9-31)30-23-27-41(28-24-30,34-13-19-38(45)20-14-34)32-6-4-8-36(43)16-10-32;;/h5-19,29-30,38,42-45H,20-28H2,1-2H3;;. The molecule has 47 heavy (non-hydrogen) atoms. The Bertz CT molecular complexity index is 1620. The third-order valence-corrected chi connectivity index (χ3v) is 11.7. The monoisotopic (exact) mass is 1130 g/mol. The minimum atomic E-state index is -0.425. The maximum atomic E-state index is 10.2. The van der Waals surface area contributed by atoms with Crippen LogP contribution in [0.1, 0.15) is 77.2 Å². The second kappa shape index (κ2) is 13.2. The number of phenolic OH excluding ortho intramolecular Hbond substituents is 1. The zero-order chi connectivity index (χ0) is 31.7. The van der Waals surface area contributed by atoms with Crippen LogP contribution in [0.25, 0.3) is 0 Å². The van der Waals surface area contributed by atoms with Crippen LogP contribution in [0.15, 0.2) is 131 Å². The van der Waals surface area contributed by atoms with Crippen molar-refractivity contribution in [3.63, 3.8) is 0 Å². The van der Waals surface area contributed by atoms with Gasteiger partial charge in [0.25, 0.3) is 0 Å². The fraction of sp³-hybridized carbons (Fsp3) is 0.415. The van der Waals surface area contributed by atoms with E-state index in [1.807, 2.05) is 24.3 Å². The van der Waals surface area contributed by atoms with Crippen molar-refractivity contribution in [1.29, 1.82) is 0 Å². The number of phenols is 1. The van der Waals surface area contributed by atoms with Crippen LogP contribution in [0.2, 0.25) is 0 Å². The van der Waals surface area contributed by atoms with Gasteiger partial charge in [-0.25, -0.2) is 0 Å². The Morgan fingerprint density at radius 2 is 1.15 bits per heavy atom. The van der Waals surface area contributed by atoms with E-state index >= 15 is 0 Å². The van der Waals surface area contributed by atoms with Crippen LogP contribution in [0, 0.1) is 22.7 Å². The molecule has 0 amide bonds. The average molecular weight is 1130 g/mol. The van der Waals surface area contributed by atoms with Crippen LogP contribution in [0.5, 0.6) is 5.75 Å². The summed E-state index contributed by atoms with van der Waals surface area (Å²) in [7, 11) is 0. The molecule has 2 fully saturated rings. The molecule has 264 valence electrons. The van der Waals surface area contributed by atoms with Gasteiger partial charge >= 0.3 is 0 Å². The van der Waals surface area contributed by atoms with E-state index in [1.165, 1.54) is 16.7 Å². The predicted octanol–water partition coefficient (Wildman–Crippen LogP) is 9.46. The Kier molecular flexibility index (Phi) is 9.53. The van der Waals surface area contributed by atoms with Crippen LogP contribution in [-0.2, 0) is 5.41 Å². The minimum absolute atomic E-state index is 0. The van der Waals surface area contributed by atoms with E-state index in [0.29, 0.717) is 18.3 Å². The maximum Gasteiger partial charge on any atom is 0.123 e. The first kappa shape index (κ1) is 33.9. The predicted molar refractivity (Wildman–Crippen MR) is 181 cm³/mol. The molecule has 1 aromatic carbocycles. The van der Waals surface area contributed by atoms with Crippen molar-refractivity contribution in [1.82, 2.24) is 0 Å². The van der Waals surface area contributed by atoms with Gasteiger partial charge in [0.1, 0.15) is 17.3 Å². The normalized spacial score (nSPS) is 30.4. The molecule has 0 aromatic heterocycles. The van der Waals surface area contributed by atoms with Crippen LogP contribution in [-0.4, -0.2) is 26.5 Å². The molecule has 1 unspecified atom stereocenters. The number of rotatable bonds is 6. The summed E-state index contributed by atoms with van der Waals surface area (Å²) in [5.41, 5.74) is 11.0. The Morgan fingerprint density at radius 3 is 1.64 bits per heavy atom. The molecule has 4 nitrogen and oxygen atoms in total. The summed E-state index contributed by atoms with van der Waals surface area (Å²) in [5.74, 6) is 1.87. The minimum Gasteiger partial charge on any atom is -0.508 e. The van der Waals surface area contributed by atoms with Gasteiger partial charge in [0.05, 0.1) is 6.10 Å². The number of aliphatic hydroxyl groups excluding tert-OH is 3. The molecule has 1 aromatic rings. The summed E-state index contributed by atoms with van der Waals surface area (Å²) in [5, 5.41) is 40.5. The van der Waals surface area contributed by atoms with E-state index in [0.717, 1.165) is 56.9 Å². The molecule has 6 rings (SSSR count). The fourth-order valence-corrected chi connectivity index (χ4v) is 8.85. The zero-order valence-corrected chi connectivity index (χ0v) is 31.4. The zero-order valence-electron chi connectivity index (χ0n) is 27.1. The molecule has 2 radical (unpaired) electrons. The van der Waals surface area contributed by atoms with E-state index < -0.39 is 6.10 Å². The molecule has 6 heteroatoms. The summed E-state index contributed by atoms with van der Waals surface area (Å²) in [6.45, 7) is 4.98. The molecule has 2 saturated carbocycles. The molecule has 0 bridgehead atoms. The van der Waals surface area contributed by atoms with E-state index in [-0.39, 0.29) is 33.5 Å². The van der Waals surface area contributed by atoms with Gasteiger partial charge in [-0.1, -0.05) is 56.4 Å². The molecular formula is C41H46Lr2O4. The first-order valence-electron chi connectivity index (χ1n) is 16.6. The van der Waals surface area contributed by atoms with Crippen LogP contribution >= 0.6 is 0 Å². The molecular weight excluding hydrogens is 1080 g/mol. The molecule has 4 N–H and O–H groups in total. The molecule has 0 heterocycles. The van der Waals surface area contributed by atoms with Gasteiger partial charge in [-0.15, -0.1) is 11.5 Å². The topological polar surface area (TPSA) is 80.9 Å². The summed E-state index contributed by atoms with van der Waals surface area (Å²) < 4.78 is 0. The Hall–Kier alpha value is -5.94. The molecule has 1 atom stereocenters. The van der Waals surface area contributed by atoms with Crippen LogP contribution in [0.4, 0.5) is 0 Å². The molecule has 0 saturated heterocycles. The van der Waals surface area contributed by atoms with Gasteiger partial charge in [0.15, 0.2) is 0 Å². The summed E-state index contributed by atoms with van der Waals surface area (Å²) >= 11 is 0. The number of hydrogen-bond donors (Lipinski definition) is 4. The average Bonchev–Trinajstić information content (AvgIpc) is 3.41. The first-order chi connectivity index (χ1) is 21.6. The Labute approximate surface area is 267 Å². The SMILES string of the molecule is CC(C)(C1CCC(C2=CC=C(O)C=C=C2)(C2=CCC(O)C=C2)CC1)C1CCC(C2=CC=C(O)C=C=C2)(c2ccc(O)cc2)CC1.[Lr].[Lr]. The van der Waals surface area contributed by atoms with Crippen molar-refractivity contribution in [3.05, 3.63) is 136 Å². The van der Waals surface area contributed by atoms with Gasteiger partial charge in [0, 0.05) is 23.0 Å². The van der Waals surface area contributed by atoms with Gasteiger partial charge in [0.2, 0.25) is 0 Å². The molecule has 0 spiro atoms. The van der Waals surface area contributed by atoms with Crippen molar-refractivity contribution in [2.45, 2.75) is 83.2 Å². The quantitative estimate of drug-likeness (QED) is 0.214. The van der Waals surface area contributed by atoms with Crippen molar-refractivity contribution in [2.24, 2.45) is 22.7 Å².